The van der Waals surface area contributed by atoms with Crippen molar-refractivity contribution in [3.05, 3.63) is 101 Å². The van der Waals surface area contributed by atoms with E-state index in [0.717, 1.165) is 16.0 Å². The molecule has 34 heavy (non-hydrogen) atoms. The van der Waals surface area contributed by atoms with E-state index < -0.39 is 6.04 Å². The summed E-state index contributed by atoms with van der Waals surface area (Å²) in [5, 5.41) is 3.50. The van der Waals surface area contributed by atoms with Gasteiger partial charge in [0.1, 0.15) is 6.04 Å². The number of carbonyl (C=O) groups is 2. The fourth-order valence-corrected chi connectivity index (χ4v) is 4.73. The molecule has 1 N–H and O–H groups in total. The lowest BCUT2D eigenvalue weighted by molar-refractivity contribution is -0.140. The van der Waals surface area contributed by atoms with Crippen molar-refractivity contribution in [3.8, 4) is 0 Å². The number of benzene rings is 3. The fourth-order valence-electron chi connectivity index (χ4n) is 3.69. The summed E-state index contributed by atoms with van der Waals surface area (Å²) in [4.78, 5) is 29.5. The first kappa shape index (κ1) is 25.9. The van der Waals surface area contributed by atoms with Crippen LogP contribution in [-0.2, 0) is 22.6 Å². The highest BCUT2D eigenvalue weighted by molar-refractivity contribution is 7.99. The molecule has 0 aliphatic rings. The van der Waals surface area contributed by atoms with E-state index in [4.69, 9.17) is 11.6 Å². The molecule has 0 fully saturated rings. The molecule has 0 aliphatic heterocycles. The SMILES string of the molecule is CCNC(=O)[C@H](Cc1ccccc1)N(Cc1ccccc1Cl)C(=O)CCSc1ccc(C)cc1. The number of nitrogens with zero attached hydrogens (tertiary/aromatic N) is 1. The summed E-state index contributed by atoms with van der Waals surface area (Å²) < 4.78 is 0. The molecule has 3 aromatic rings. The van der Waals surface area contributed by atoms with Gasteiger partial charge in [-0.1, -0.05) is 77.8 Å². The first-order valence-corrected chi connectivity index (χ1v) is 12.9. The van der Waals surface area contributed by atoms with Crippen molar-refractivity contribution in [2.24, 2.45) is 0 Å². The Morgan fingerprint density at radius 3 is 2.32 bits per heavy atom. The van der Waals surface area contributed by atoms with Gasteiger partial charge in [-0.05, 0) is 43.2 Å². The Labute approximate surface area is 211 Å². The van der Waals surface area contributed by atoms with Crippen LogP contribution in [0.2, 0.25) is 5.02 Å². The van der Waals surface area contributed by atoms with Crippen molar-refractivity contribution in [1.29, 1.82) is 0 Å². The summed E-state index contributed by atoms with van der Waals surface area (Å²) in [5.41, 5.74) is 3.04. The third-order valence-electron chi connectivity index (χ3n) is 5.53. The quantitative estimate of drug-likeness (QED) is 0.337. The predicted molar refractivity (Wildman–Crippen MR) is 141 cm³/mol. The standard InChI is InChI=1S/C28H31ClN2O2S/c1-3-30-28(33)26(19-22-9-5-4-6-10-22)31(20-23-11-7-8-12-25(23)29)27(32)17-18-34-24-15-13-21(2)14-16-24/h4-16,26H,3,17-20H2,1-2H3,(H,30,33)/t26-/m0/s1. The molecular formula is C28H31ClN2O2S. The Morgan fingerprint density at radius 1 is 0.971 bits per heavy atom. The highest BCUT2D eigenvalue weighted by Gasteiger charge is 2.30. The molecule has 1 atom stereocenters. The van der Waals surface area contributed by atoms with Gasteiger partial charge in [0.2, 0.25) is 11.8 Å². The Hall–Kier alpha value is -2.76. The van der Waals surface area contributed by atoms with E-state index in [1.54, 1.807) is 16.7 Å². The zero-order valence-electron chi connectivity index (χ0n) is 19.7. The van der Waals surface area contributed by atoms with Crippen LogP contribution in [0.15, 0.2) is 83.8 Å². The van der Waals surface area contributed by atoms with Crippen molar-refractivity contribution in [3.63, 3.8) is 0 Å². The zero-order chi connectivity index (χ0) is 24.3. The highest BCUT2D eigenvalue weighted by atomic mass is 35.5. The highest BCUT2D eigenvalue weighted by Crippen LogP contribution is 2.23. The predicted octanol–water partition coefficient (Wildman–Crippen LogP) is 5.91. The average Bonchev–Trinajstić information content (AvgIpc) is 2.84. The lowest BCUT2D eigenvalue weighted by Crippen LogP contribution is -2.50. The summed E-state index contributed by atoms with van der Waals surface area (Å²) in [6.07, 6.45) is 0.766. The number of aryl methyl sites for hydroxylation is 1. The van der Waals surface area contributed by atoms with Crippen LogP contribution < -0.4 is 5.32 Å². The van der Waals surface area contributed by atoms with Crippen molar-refractivity contribution in [2.75, 3.05) is 12.3 Å². The first-order valence-electron chi connectivity index (χ1n) is 11.5. The number of likely N-dealkylation sites (N-methyl/N-ethyl adjacent to an activating group) is 1. The normalized spacial score (nSPS) is 11.6. The van der Waals surface area contributed by atoms with Crippen molar-refractivity contribution in [1.82, 2.24) is 10.2 Å². The maximum atomic E-state index is 13.5. The van der Waals surface area contributed by atoms with Crippen molar-refractivity contribution in [2.45, 2.75) is 44.2 Å². The van der Waals surface area contributed by atoms with Gasteiger partial charge < -0.3 is 10.2 Å². The van der Waals surface area contributed by atoms with Crippen LogP contribution >= 0.6 is 23.4 Å². The number of hydrogen-bond acceptors (Lipinski definition) is 3. The second-order valence-electron chi connectivity index (χ2n) is 8.12. The lowest BCUT2D eigenvalue weighted by Gasteiger charge is -2.31. The molecule has 6 heteroatoms. The van der Waals surface area contributed by atoms with Crippen LogP contribution in [0.25, 0.3) is 0 Å². The Bertz CT molecular complexity index is 1070. The Morgan fingerprint density at radius 2 is 1.65 bits per heavy atom. The van der Waals surface area contributed by atoms with E-state index in [-0.39, 0.29) is 18.4 Å². The molecular weight excluding hydrogens is 464 g/mol. The van der Waals surface area contributed by atoms with E-state index >= 15 is 0 Å². The summed E-state index contributed by atoms with van der Waals surface area (Å²) >= 11 is 8.08. The third kappa shape index (κ3) is 7.64. The minimum Gasteiger partial charge on any atom is -0.355 e. The molecule has 0 saturated heterocycles. The van der Waals surface area contributed by atoms with Gasteiger partial charge in [-0.2, -0.15) is 0 Å². The topological polar surface area (TPSA) is 49.4 Å². The largest absolute Gasteiger partial charge is 0.355 e. The van der Waals surface area contributed by atoms with Crippen molar-refractivity contribution < 1.29 is 9.59 Å². The van der Waals surface area contributed by atoms with Crippen LogP contribution in [0.4, 0.5) is 0 Å². The summed E-state index contributed by atoms with van der Waals surface area (Å²) in [7, 11) is 0. The van der Waals surface area contributed by atoms with E-state index in [1.807, 2.05) is 61.5 Å². The third-order valence-corrected chi connectivity index (χ3v) is 6.91. The number of hydrogen-bond donors (Lipinski definition) is 1. The van der Waals surface area contributed by atoms with Gasteiger partial charge >= 0.3 is 0 Å². The minimum atomic E-state index is -0.629. The maximum absolute atomic E-state index is 13.5. The fraction of sp³-hybridized carbons (Fsp3) is 0.286. The van der Waals surface area contributed by atoms with E-state index in [9.17, 15) is 9.59 Å². The van der Waals surface area contributed by atoms with E-state index in [2.05, 4.69) is 36.5 Å². The van der Waals surface area contributed by atoms with Gasteiger partial charge in [0, 0.05) is 41.6 Å². The molecule has 0 aromatic heterocycles. The van der Waals surface area contributed by atoms with Gasteiger partial charge in [-0.15, -0.1) is 11.8 Å². The van der Waals surface area contributed by atoms with Crippen LogP contribution in [0.3, 0.4) is 0 Å². The number of rotatable bonds is 11. The molecule has 4 nitrogen and oxygen atoms in total. The number of amides is 2. The maximum Gasteiger partial charge on any atom is 0.243 e. The monoisotopic (exact) mass is 494 g/mol. The van der Waals surface area contributed by atoms with Gasteiger partial charge in [-0.25, -0.2) is 0 Å². The molecule has 0 saturated carbocycles. The van der Waals surface area contributed by atoms with Crippen LogP contribution in [0, 0.1) is 6.92 Å². The molecule has 178 valence electrons. The molecule has 3 rings (SSSR count). The number of nitrogens with one attached hydrogen (secondary N) is 1. The molecule has 2 amide bonds. The smallest absolute Gasteiger partial charge is 0.243 e. The van der Waals surface area contributed by atoms with Gasteiger partial charge in [-0.3, -0.25) is 9.59 Å². The number of carbonyl (C=O) groups excluding carboxylic acids is 2. The van der Waals surface area contributed by atoms with E-state index in [0.29, 0.717) is 30.2 Å². The number of halogens is 1. The zero-order valence-corrected chi connectivity index (χ0v) is 21.2. The lowest BCUT2D eigenvalue weighted by atomic mass is 10.0. The van der Waals surface area contributed by atoms with Crippen LogP contribution in [-0.4, -0.2) is 35.1 Å². The van der Waals surface area contributed by atoms with Crippen molar-refractivity contribution >= 4 is 35.2 Å². The van der Waals surface area contributed by atoms with Crippen LogP contribution in [0.5, 0.6) is 0 Å². The Kier molecular flexibility index (Phi) is 10.0. The average molecular weight is 495 g/mol. The van der Waals surface area contributed by atoms with Gasteiger partial charge in [0.25, 0.3) is 0 Å². The molecule has 0 spiro atoms. The van der Waals surface area contributed by atoms with Crippen LogP contribution in [0.1, 0.15) is 30.0 Å². The molecule has 0 radical (unpaired) electrons. The molecule has 3 aromatic carbocycles. The minimum absolute atomic E-state index is 0.0632. The second kappa shape index (κ2) is 13.2. The van der Waals surface area contributed by atoms with Gasteiger partial charge in [0.15, 0.2) is 0 Å². The molecule has 0 bridgehead atoms. The number of thioether (sulfide) groups is 1. The summed E-state index contributed by atoms with van der Waals surface area (Å²) in [6.45, 7) is 4.72. The van der Waals surface area contributed by atoms with E-state index in [1.165, 1.54) is 5.56 Å². The Balaban J connectivity index is 1.82. The van der Waals surface area contributed by atoms with Gasteiger partial charge in [0.05, 0.1) is 0 Å². The molecule has 0 aliphatic carbocycles. The second-order valence-corrected chi connectivity index (χ2v) is 9.70. The molecule has 0 unspecified atom stereocenters. The first-order chi connectivity index (χ1) is 16.5. The molecule has 0 heterocycles. The summed E-state index contributed by atoms with van der Waals surface area (Å²) in [5.74, 6) is 0.415. The summed E-state index contributed by atoms with van der Waals surface area (Å²) in [6, 6.07) is 24.9.